The van der Waals surface area contributed by atoms with Crippen molar-refractivity contribution in [1.29, 1.82) is 5.26 Å². The van der Waals surface area contributed by atoms with Gasteiger partial charge in [0.2, 0.25) is 0 Å². The Labute approximate surface area is 144 Å². The smallest absolute Gasteiger partial charge is 0.345 e. The molecule has 0 saturated heterocycles. The molecule has 0 atom stereocenters. The predicted octanol–water partition coefficient (Wildman–Crippen LogP) is 2.98. The lowest BCUT2D eigenvalue weighted by Gasteiger charge is -2.06. The molecule has 0 fully saturated rings. The molecule has 1 aromatic carbocycles. The van der Waals surface area contributed by atoms with Gasteiger partial charge in [-0.3, -0.25) is 14.9 Å². The summed E-state index contributed by atoms with van der Waals surface area (Å²) in [5.41, 5.74) is -0.544. The molecule has 0 aliphatic rings. The molecule has 24 heavy (non-hydrogen) atoms. The Morgan fingerprint density at radius 3 is 2.83 bits per heavy atom. The Hall–Kier alpha value is -2.96. The zero-order valence-corrected chi connectivity index (χ0v) is 13.4. The van der Waals surface area contributed by atoms with Gasteiger partial charge in [-0.15, -0.1) is 11.3 Å². The maximum atomic E-state index is 11.9. The summed E-state index contributed by atoms with van der Waals surface area (Å²) < 4.78 is 4.77. The molecule has 2 aromatic rings. The molecule has 0 aliphatic carbocycles. The number of nitriles is 1. The van der Waals surface area contributed by atoms with Gasteiger partial charge in [0.25, 0.3) is 11.6 Å². The van der Waals surface area contributed by atoms with Gasteiger partial charge in [0.1, 0.15) is 16.6 Å². The maximum absolute atomic E-state index is 11.9. The minimum atomic E-state index is -1.03. The van der Waals surface area contributed by atoms with Crippen molar-refractivity contribution < 1.29 is 19.2 Å². The Bertz CT molecular complexity index is 858. The monoisotopic (exact) mass is 365 g/mol. The summed E-state index contributed by atoms with van der Waals surface area (Å²) in [5.74, 6) is -1.70. The number of anilines is 1. The zero-order valence-electron chi connectivity index (χ0n) is 11.8. The summed E-state index contributed by atoms with van der Waals surface area (Å²) in [6, 6.07) is 6.89. The first kappa shape index (κ1) is 17.4. The van der Waals surface area contributed by atoms with E-state index in [1.54, 1.807) is 5.38 Å². The summed E-state index contributed by atoms with van der Waals surface area (Å²) >= 11 is 6.80. The lowest BCUT2D eigenvalue weighted by molar-refractivity contribution is -0.385. The molecule has 8 nitrogen and oxygen atoms in total. The molecule has 122 valence electrons. The van der Waals surface area contributed by atoms with Gasteiger partial charge in [-0.2, -0.15) is 5.26 Å². The van der Waals surface area contributed by atoms with Gasteiger partial charge < -0.3 is 10.1 Å². The van der Waals surface area contributed by atoms with Crippen LogP contribution in [0.15, 0.2) is 29.6 Å². The van der Waals surface area contributed by atoms with Gasteiger partial charge >= 0.3 is 5.97 Å². The number of carbonyl (C=O) groups excluding carboxylic acids is 2. The molecule has 0 aliphatic heterocycles. The van der Waals surface area contributed by atoms with Crippen LogP contribution in [-0.2, 0) is 9.53 Å². The van der Waals surface area contributed by atoms with Crippen molar-refractivity contribution in [2.45, 2.75) is 0 Å². The van der Waals surface area contributed by atoms with Crippen LogP contribution in [0, 0.1) is 21.4 Å². The van der Waals surface area contributed by atoms with Crippen LogP contribution < -0.4 is 5.32 Å². The number of halogens is 1. The molecular formula is C14H8ClN3O5S. The van der Waals surface area contributed by atoms with Crippen molar-refractivity contribution in [3.05, 3.63) is 55.9 Å². The van der Waals surface area contributed by atoms with E-state index >= 15 is 0 Å². The lowest BCUT2D eigenvalue weighted by Crippen LogP contribution is -2.21. The van der Waals surface area contributed by atoms with Crippen molar-refractivity contribution in [2.75, 3.05) is 11.9 Å². The Kier molecular flexibility index (Phi) is 5.47. The summed E-state index contributed by atoms with van der Waals surface area (Å²) in [7, 11) is 0. The topological polar surface area (TPSA) is 122 Å². The molecule has 0 bridgehead atoms. The molecule has 0 spiro atoms. The number of hydrogen-bond acceptors (Lipinski definition) is 7. The Morgan fingerprint density at radius 1 is 1.42 bits per heavy atom. The molecule has 0 unspecified atom stereocenters. The number of ether oxygens (including phenoxy) is 1. The first-order valence-electron chi connectivity index (χ1n) is 6.31. The molecule has 10 heteroatoms. The molecule has 1 aromatic heterocycles. The van der Waals surface area contributed by atoms with E-state index in [1.807, 2.05) is 6.07 Å². The fourth-order valence-corrected chi connectivity index (χ4v) is 2.61. The summed E-state index contributed by atoms with van der Waals surface area (Å²) in [5, 5.41) is 24.2. The number of nitrogens with one attached hydrogen (secondary N) is 1. The summed E-state index contributed by atoms with van der Waals surface area (Å²) in [6.45, 7) is -0.651. The van der Waals surface area contributed by atoms with Crippen LogP contribution in [0.5, 0.6) is 0 Å². The number of esters is 1. The van der Waals surface area contributed by atoms with Crippen molar-refractivity contribution in [2.24, 2.45) is 0 Å². The third kappa shape index (κ3) is 4.07. The fraction of sp³-hybridized carbons (Fsp3) is 0.0714. The normalized spacial score (nSPS) is 9.83. The van der Waals surface area contributed by atoms with E-state index in [9.17, 15) is 19.7 Å². The lowest BCUT2D eigenvalue weighted by atomic mass is 10.2. The highest BCUT2D eigenvalue weighted by atomic mass is 35.5. The first-order chi connectivity index (χ1) is 11.4. The van der Waals surface area contributed by atoms with Crippen LogP contribution in [0.2, 0.25) is 5.02 Å². The molecule has 0 saturated carbocycles. The first-order valence-corrected chi connectivity index (χ1v) is 7.56. The second-order valence-corrected chi connectivity index (χ2v) is 5.67. The predicted molar refractivity (Wildman–Crippen MR) is 86.1 cm³/mol. The molecule has 1 heterocycles. The summed E-state index contributed by atoms with van der Waals surface area (Å²) in [6.07, 6.45) is 0. The number of benzene rings is 1. The van der Waals surface area contributed by atoms with Crippen molar-refractivity contribution in [3.63, 3.8) is 0 Å². The number of carbonyl (C=O) groups is 2. The average molecular weight is 366 g/mol. The minimum absolute atomic E-state index is 0.0951. The number of amides is 1. The third-order valence-corrected chi connectivity index (χ3v) is 3.81. The van der Waals surface area contributed by atoms with Crippen molar-refractivity contribution in [3.8, 4) is 6.07 Å². The molecule has 2 rings (SSSR count). The van der Waals surface area contributed by atoms with Crippen molar-refractivity contribution in [1.82, 2.24) is 0 Å². The fourth-order valence-electron chi connectivity index (χ4n) is 1.69. The minimum Gasteiger partial charge on any atom is -0.452 e. The van der Waals surface area contributed by atoms with Crippen LogP contribution in [-0.4, -0.2) is 23.4 Å². The summed E-state index contributed by atoms with van der Waals surface area (Å²) in [4.78, 5) is 33.8. The van der Waals surface area contributed by atoms with Gasteiger partial charge in [-0.1, -0.05) is 11.6 Å². The zero-order chi connectivity index (χ0) is 17.7. The van der Waals surface area contributed by atoms with E-state index < -0.39 is 29.1 Å². The highest BCUT2D eigenvalue weighted by Crippen LogP contribution is 2.24. The van der Waals surface area contributed by atoms with Gasteiger partial charge in [0.05, 0.1) is 10.5 Å². The van der Waals surface area contributed by atoms with Crippen molar-refractivity contribution >= 4 is 45.5 Å². The number of nitro benzene ring substituents is 1. The van der Waals surface area contributed by atoms with Gasteiger partial charge in [0, 0.05) is 11.1 Å². The molecule has 1 amide bonds. The standard InChI is InChI=1S/C14H8ClN3O5S/c15-9-1-2-10(11(5-9)18(21)22)14(20)23-7-12(19)17-13-8(6-16)3-4-24-13/h1-5H,7H2,(H,17,19). The van der Waals surface area contributed by atoms with Crippen LogP contribution in [0.25, 0.3) is 0 Å². The van der Waals surface area contributed by atoms with Crippen LogP contribution in [0.3, 0.4) is 0 Å². The maximum Gasteiger partial charge on any atom is 0.345 e. The van der Waals surface area contributed by atoms with E-state index in [0.717, 1.165) is 23.5 Å². The van der Waals surface area contributed by atoms with E-state index in [1.165, 1.54) is 12.1 Å². The number of nitrogens with zero attached hydrogens (tertiary/aromatic N) is 2. The Balaban J connectivity index is 2.02. The largest absolute Gasteiger partial charge is 0.452 e. The van der Waals surface area contributed by atoms with Crippen LogP contribution in [0.1, 0.15) is 15.9 Å². The quantitative estimate of drug-likeness (QED) is 0.493. The molecular weight excluding hydrogens is 358 g/mol. The van der Waals surface area contributed by atoms with Crippen LogP contribution >= 0.6 is 22.9 Å². The van der Waals surface area contributed by atoms with Gasteiger partial charge in [-0.05, 0) is 23.6 Å². The van der Waals surface area contributed by atoms with Gasteiger partial charge in [0.15, 0.2) is 6.61 Å². The number of rotatable bonds is 5. The second-order valence-electron chi connectivity index (χ2n) is 4.32. The van der Waals surface area contributed by atoms with E-state index in [4.69, 9.17) is 21.6 Å². The number of thiophene rings is 1. The highest BCUT2D eigenvalue weighted by Gasteiger charge is 2.22. The van der Waals surface area contributed by atoms with Crippen LogP contribution in [0.4, 0.5) is 10.7 Å². The van der Waals surface area contributed by atoms with E-state index in [0.29, 0.717) is 5.00 Å². The second kappa shape index (κ2) is 7.54. The average Bonchev–Trinajstić information content (AvgIpc) is 2.99. The van der Waals surface area contributed by atoms with E-state index in [2.05, 4.69) is 5.32 Å². The van der Waals surface area contributed by atoms with E-state index in [-0.39, 0.29) is 16.1 Å². The number of nitro groups is 1. The third-order valence-electron chi connectivity index (χ3n) is 2.75. The Morgan fingerprint density at radius 2 is 2.17 bits per heavy atom. The van der Waals surface area contributed by atoms with Gasteiger partial charge in [-0.25, -0.2) is 4.79 Å². The SMILES string of the molecule is N#Cc1ccsc1NC(=O)COC(=O)c1ccc(Cl)cc1[N+](=O)[O-]. The number of hydrogen-bond donors (Lipinski definition) is 1. The molecule has 1 N–H and O–H groups in total. The highest BCUT2D eigenvalue weighted by molar-refractivity contribution is 7.14. The molecule has 0 radical (unpaired) electrons.